The van der Waals surface area contributed by atoms with Gasteiger partial charge in [0.15, 0.2) is 9.84 Å². The molecule has 0 atom stereocenters. The predicted molar refractivity (Wildman–Crippen MR) is 142 cm³/mol. The van der Waals surface area contributed by atoms with Crippen molar-refractivity contribution >= 4 is 21.5 Å². The Balaban J connectivity index is 1.41. The number of ether oxygens (including phenoxy) is 1. The van der Waals surface area contributed by atoms with E-state index in [1.54, 1.807) is 6.20 Å². The van der Waals surface area contributed by atoms with Gasteiger partial charge in [-0.25, -0.2) is 8.42 Å². The fraction of sp³-hybridized carbons (Fsp3) is 0.448. The van der Waals surface area contributed by atoms with Crippen molar-refractivity contribution in [3.05, 3.63) is 76.3 Å². The van der Waals surface area contributed by atoms with Crippen molar-refractivity contribution < 1.29 is 13.2 Å². The van der Waals surface area contributed by atoms with Crippen LogP contribution in [-0.2, 0) is 20.7 Å². The lowest BCUT2D eigenvalue weighted by Gasteiger charge is -2.42. The highest BCUT2D eigenvalue weighted by atomic mass is 32.2. The second kappa shape index (κ2) is 9.26. The van der Waals surface area contributed by atoms with E-state index in [-0.39, 0.29) is 16.6 Å². The number of rotatable bonds is 6. The van der Waals surface area contributed by atoms with Gasteiger partial charge in [0.25, 0.3) is 0 Å². The van der Waals surface area contributed by atoms with Crippen molar-refractivity contribution in [1.29, 1.82) is 0 Å². The van der Waals surface area contributed by atoms with Crippen LogP contribution in [0.1, 0.15) is 69.7 Å². The number of benzene rings is 2. The summed E-state index contributed by atoms with van der Waals surface area (Å²) >= 11 is 0. The third kappa shape index (κ3) is 5.57. The predicted octanol–water partition coefficient (Wildman–Crippen LogP) is 6.18. The van der Waals surface area contributed by atoms with Gasteiger partial charge in [-0.2, -0.15) is 0 Å². The Bertz CT molecular complexity index is 1200. The molecule has 34 heavy (non-hydrogen) atoms. The van der Waals surface area contributed by atoms with Crippen LogP contribution < -0.4 is 4.74 Å². The molecule has 0 saturated carbocycles. The number of allylic oxidation sites excluding steroid dienone is 1. The van der Waals surface area contributed by atoms with E-state index in [0.717, 1.165) is 11.3 Å². The van der Waals surface area contributed by atoms with Gasteiger partial charge in [0.05, 0.1) is 12.3 Å². The van der Waals surface area contributed by atoms with Gasteiger partial charge in [-0.1, -0.05) is 64.1 Å². The topological polar surface area (TPSA) is 46.6 Å². The van der Waals surface area contributed by atoms with E-state index in [4.69, 9.17) is 4.74 Å². The van der Waals surface area contributed by atoms with Crippen molar-refractivity contribution in [2.45, 2.75) is 58.3 Å². The summed E-state index contributed by atoms with van der Waals surface area (Å²) in [4.78, 5) is 1.97. The van der Waals surface area contributed by atoms with Crippen LogP contribution in [0.3, 0.4) is 0 Å². The third-order valence-electron chi connectivity index (χ3n) is 7.36. The number of fused-ring (bicyclic) bond motifs is 1. The highest BCUT2D eigenvalue weighted by molar-refractivity contribution is 7.94. The molecule has 0 saturated heterocycles. The van der Waals surface area contributed by atoms with Crippen molar-refractivity contribution in [1.82, 2.24) is 4.90 Å². The van der Waals surface area contributed by atoms with Gasteiger partial charge in [-0.3, -0.25) is 0 Å². The van der Waals surface area contributed by atoms with Gasteiger partial charge in [-0.05, 0) is 70.6 Å². The van der Waals surface area contributed by atoms with E-state index in [0.29, 0.717) is 19.7 Å². The van der Waals surface area contributed by atoms with Crippen LogP contribution in [0.5, 0.6) is 5.75 Å². The number of hydrogen-bond acceptors (Lipinski definition) is 4. The van der Waals surface area contributed by atoms with E-state index in [9.17, 15) is 8.42 Å². The SMILES string of the molecule is CC(=Cc1ccc(OCCN2C=CS(=O)(=O)CC2)cc1)c1ccc2c(c1)C(C)(C)CCC2(C)C. The molecule has 1 aliphatic carbocycles. The molecule has 0 fully saturated rings. The highest BCUT2D eigenvalue weighted by Crippen LogP contribution is 2.46. The van der Waals surface area contributed by atoms with Crippen molar-refractivity contribution in [2.24, 2.45) is 0 Å². The normalized spacial score (nSPS) is 20.6. The maximum absolute atomic E-state index is 11.5. The molecule has 1 aliphatic heterocycles. The number of nitrogens with zero attached hydrogens (tertiary/aromatic N) is 1. The molecule has 182 valence electrons. The molecule has 0 bridgehead atoms. The quantitative estimate of drug-likeness (QED) is 0.465. The first-order valence-corrected chi connectivity index (χ1v) is 13.9. The minimum absolute atomic E-state index is 0.170. The maximum Gasteiger partial charge on any atom is 0.174 e. The maximum atomic E-state index is 11.5. The zero-order chi connectivity index (χ0) is 24.6. The van der Waals surface area contributed by atoms with E-state index >= 15 is 0 Å². The average molecular weight is 480 g/mol. The van der Waals surface area contributed by atoms with Crippen LogP contribution >= 0.6 is 0 Å². The zero-order valence-corrected chi connectivity index (χ0v) is 21.9. The van der Waals surface area contributed by atoms with Gasteiger partial charge in [0, 0.05) is 18.2 Å². The fourth-order valence-electron chi connectivity index (χ4n) is 4.86. The summed E-state index contributed by atoms with van der Waals surface area (Å²) < 4.78 is 28.8. The zero-order valence-electron chi connectivity index (χ0n) is 21.1. The summed E-state index contributed by atoms with van der Waals surface area (Å²) in [6.45, 7) is 13.3. The summed E-state index contributed by atoms with van der Waals surface area (Å²) in [6, 6.07) is 15.2. The minimum atomic E-state index is -3.01. The van der Waals surface area contributed by atoms with E-state index < -0.39 is 9.84 Å². The molecule has 5 heteroatoms. The lowest BCUT2D eigenvalue weighted by Crippen LogP contribution is -2.33. The van der Waals surface area contributed by atoms with Gasteiger partial charge < -0.3 is 9.64 Å². The summed E-state index contributed by atoms with van der Waals surface area (Å²) in [7, 11) is -3.01. The molecule has 2 aromatic rings. The van der Waals surface area contributed by atoms with Crippen LogP contribution in [0.2, 0.25) is 0 Å². The van der Waals surface area contributed by atoms with Crippen LogP contribution in [0.15, 0.2) is 54.1 Å². The highest BCUT2D eigenvalue weighted by Gasteiger charge is 2.36. The third-order valence-corrected chi connectivity index (χ3v) is 8.65. The molecular formula is C29H37NO3S. The van der Waals surface area contributed by atoms with E-state index in [1.807, 2.05) is 17.0 Å². The lowest BCUT2D eigenvalue weighted by atomic mass is 9.63. The van der Waals surface area contributed by atoms with Gasteiger partial charge in [-0.15, -0.1) is 0 Å². The second-order valence-electron chi connectivity index (χ2n) is 11.0. The average Bonchev–Trinajstić information content (AvgIpc) is 2.79. The van der Waals surface area contributed by atoms with Gasteiger partial charge in [0.1, 0.15) is 12.4 Å². The molecular weight excluding hydrogens is 442 g/mol. The van der Waals surface area contributed by atoms with Gasteiger partial charge >= 0.3 is 0 Å². The van der Waals surface area contributed by atoms with Gasteiger partial charge in [0.2, 0.25) is 0 Å². The van der Waals surface area contributed by atoms with Crippen molar-refractivity contribution in [3.8, 4) is 5.75 Å². The monoisotopic (exact) mass is 479 g/mol. The Morgan fingerprint density at radius 2 is 1.68 bits per heavy atom. The number of hydrogen-bond donors (Lipinski definition) is 0. The Morgan fingerprint density at radius 3 is 2.32 bits per heavy atom. The molecule has 0 radical (unpaired) electrons. The summed E-state index contributed by atoms with van der Waals surface area (Å²) in [5.41, 5.74) is 7.09. The second-order valence-corrected chi connectivity index (χ2v) is 13.0. The Kier molecular flexibility index (Phi) is 6.69. The van der Waals surface area contributed by atoms with E-state index in [1.165, 1.54) is 40.5 Å². The van der Waals surface area contributed by atoms with Crippen LogP contribution in [-0.4, -0.2) is 38.8 Å². The van der Waals surface area contributed by atoms with Crippen LogP contribution in [0.25, 0.3) is 11.6 Å². The molecule has 2 aromatic carbocycles. The summed E-state index contributed by atoms with van der Waals surface area (Å²) in [5, 5.41) is 1.28. The molecule has 0 amide bonds. The minimum Gasteiger partial charge on any atom is -0.492 e. The first kappa shape index (κ1) is 24.6. The molecule has 0 aromatic heterocycles. The molecule has 4 nitrogen and oxygen atoms in total. The largest absolute Gasteiger partial charge is 0.492 e. The standard InChI is InChI=1S/C29H37NO3S/c1-22(24-8-11-26-27(21-24)29(4,5)13-12-28(26,2)3)20-23-6-9-25(10-7-23)33-17-14-30-15-18-34(31,32)19-16-30/h6-11,15,18,20-21H,12-14,16-17,19H2,1-5H3. The lowest BCUT2D eigenvalue weighted by molar-refractivity contribution is 0.259. The Labute approximate surface area is 205 Å². The number of sulfone groups is 1. The molecule has 0 spiro atoms. The van der Waals surface area contributed by atoms with Crippen LogP contribution in [0, 0.1) is 0 Å². The smallest absolute Gasteiger partial charge is 0.174 e. The first-order valence-electron chi connectivity index (χ1n) is 12.2. The summed E-state index contributed by atoms with van der Waals surface area (Å²) in [6.07, 6.45) is 6.31. The van der Waals surface area contributed by atoms with Crippen molar-refractivity contribution in [2.75, 3.05) is 25.4 Å². The molecule has 1 heterocycles. The molecule has 4 rings (SSSR count). The fourth-order valence-corrected chi connectivity index (χ4v) is 5.84. The molecule has 0 unspecified atom stereocenters. The van der Waals surface area contributed by atoms with Crippen LogP contribution in [0.4, 0.5) is 0 Å². The Morgan fingerprint density at radius 1 is 1.00 bits per heavy atom. The molecule has 2 aliphatic rings. The summed E-state index contributed by atoms with van der Waals surface area (Å²) in [5.74, 6) is 0.991. The van der Waals surface area contributed by atoms with Crippen molar-refractivity contribution in [3.63, 3.8) is 0 Å². The first-order chi connectivity index (χ1) is 16.0. The molecule has 0 N–H and O–H groups in total. The Hall–Kier alpha value is -2.53. The van der Waals surface area contributed by atoms with E-state index in [2.05, 4.69) is 71.0 Å².